The molecule has 0 aliphatic heterocycles. The summed E-state index contributed by atoms with van der Waals surface area (Å²) in [5.74, 6) is -1.58. The smallest absolute Gasteiger partial charge is 0.463 e. The fraction of sp³-hybridized carbons (Fsp3) is 0.701. The van der Waals surface area contributed by atoms with Crippen LogP contribution in [0.15, 0.2) is 158 Å². The van der Waals surface area contributed by atoms with Crippen LogP contribution < -0.4 is 0 Å². The second kappa shape index (κ2) is 88.5. The highest BCUT2D eigenvalue weighted by Crippen LogP contribution is 2.45. The number of allylic oxidation sites excluding steroid dienone is 26. The number of carbonyl (C=O) groups is 3. The van der Waals surface area contributed by atoms with Crippen LogP contribution in [0.1, 0.15) is 380 Å². The van der Waals surface area contributed by atoms with Gasteiger partial charge in [0, 0.05) is 19.3 Å². The summed E-state index contributed by atoms with van der Waals surface area (Å²) in [5.41, 5.74) is 0. The van der Waals surface area contributed by atoms with E-state index in [0.29, 0.717) is 19.3 Å². The Labute approximate surface area is 701 Å². The first kappa shape index (κ1) is 110. The molecule has 0 fully saturated rings. The highest BCUT2D eigenvalue weighted by molar-refractivity contribution is 7.47. The molecule has 115 heavy (non-hydrogen) atoms. The Bertz CT molecular complexity index is 2720. The van der Waals surface area contributed by atoms with Crippen LogP contribution in [0.4, 0.5) is 0 Å². The number of ether oxygens (including phenoxy) is 3. The first-order chi connectivity index (χ1) is 56.2. The lowest BCUT2D eigenvalue weighted by Gasteiger charge is -2.21. The summed E-state index contributed by atoms with van der Waals surface area (Å²) in [6, 6.07) is 0. The van der Waals surface area contributed by atoms with E-state index in [4.69, 9.17) is 32.3 Å². The van der Waals surface area contributed by atoms with Gasteiger partial charge in [0.05, 0.1) is 26.4 Å². The lowest BCUT2D eigenvalue weighted by atomic mass is 10.0. The van der Waals surface area contributed by atoms with Gasteiger partial charge in [0.2, 0.25) is 0 Å². The van der Waals surface area contributed by atoms with E-state index in [1.54, 1.807) is 0 Å². The third-order valence-corrected chi connectivity index (χ3v) is 21.1. The van der Waals surface area contributed by atoms with E-state index in [-0.39, 0.29) is 19.3 Å². The van der Waals surface area contributed by atoms with Crippen molar-refractivity contribution in [3.05, 3.63) is 158 Å². The van der Waals surface area contributed by atoms with Crippen LogP contribution in [0.2, 0.25) is 0 Å². The molecule has 0 amide bonds. The Balaban J connectivity index is 4.33. The van der Waals surface area contributed by atoms with Gasteiger partial charge in [-0.15, -0.1) is 0 Å². The minimum absolute atomic E-state index is 0.0931. The van der Waals surface area contributed by atoms with Crippen molar-refractivity contribution in [3.8, 4) is 0 Å². The molecule has 660 valence electrons. The van der Waals surface area contributed by atoms with Crippen LogP contribution in [-0.4, -0.2) is 95.9 Å². The molecule has 0 aliphatic carbocycles. The van der Waals surface area contributed by atoms with Crippen LogP contribution >= 0.6 is 15.6 Å². The predicted molar refractivity (Wildman–Crippen MR) is 482 cm³/mol. The average molecular weight is 1650 g/mol. The van der Waals surface area contributed by atoms with E-state index in [1.165, 1.54) is 161 Å². The molecular weight excluding hydrogens is 1480 g/mol. The normalized spacial score (nSPS) is 14.5. The monoisotopic (exact) mass is 1650 g/mol. The maximum Gasteiger partial charge on any atom is 0.472 e. The molecule has 0 heterocycles. The van der Waals surface area contributed by atoms with E-state index >= 15 is 0 Å². The van der Waals surface area contributed by atoms with Crippen LogP contribution in [0, 0.1) is 0 Å². The van der Waals surface area contributed by atoms with E-state index in [9.17, 15) is 43.5 Å². The minimum Gasteiger partial charge on any atom is -0.463 e. The third kappa shape index (κ3) is 89.8. The molecule has 0 rings (SSSR count). The summed E-state index contributed by atoms with van der Waals surface area (Å²) >= 11 is 0. The molecule has 5 atom stereocenters. The lowest BCUT2D eigenvalue weighted by molar-refractivity contribution is -0.161. The molecule has 0 saturated heterocycles. The molecule has 0 aromatic heterocycles. The summed E-state index contributed by atoms with van der Waals surface area (Å²) < 4.78 is 61.3. The Kier molecular flexibility index (Phi) is 84.7. The SMILES string of the molecule is CC/C=C\C/C=C\C/C=C\C/C=C\C/C=C\C/C=C\CCCCCCCCCCCCCCCCCCC(=O)OCC(O)COP(=O)(O)OCC(O)COP(=O)(O)OCC(COC(=O)CCCCCCCCCCCCCCCC/C=C\C/C=C\C/C=C\C/C=C\C/C=C\C/C=C\CC)OC(=O)CCCCCCC/C=C\CCCC. The average Bonchev–Trinajstić information content (AvgIpc) is 0.901. The topological polar surface area (TPSA) is 231 Å². The second-order valence-corrected chi connectivity index (χ2v) is 33.2. The van der Waals surface area contributed by atoms with Crippen molar-refractivity contribution in [1.29, 1.82) is 0 Å². The Morgan fingerprint density at radius 2 is 0.461 bits per heavy atom. The van der Waals surface area contributed by atoms with Crippen molar-refractivity contribution in [1.82, 2.24) is 0 Å². The first-order valence-corrected chi connectivity index (χ1v) is 48.8. The number of hydrogen-bond donors (Lipinski definition) is 4. The number of aliphatic hydroxyl groups excluding tert-OH is 2. The van der Waals surface area contributed by atoms with Crippen molar-refractivity contribution in [2.24, 2.45) is 0 Å². The number of carbonyl (C=O) groups excluding carboxylic acids is 3. The van der Waals surface area contributed by atoms with Crippen molar-refractivity contribution in [2.75, 3.05) is 39.6 Å². The summed E-state index contributed by atoms with van der Waals surface area (Å²) in [6.07, 6.45) is 113. The highest BCUT2D eigenvalue weighted by Gasteiger charge is 2.29. The summed E-state index contributed by atoms with van der Waals surface area (Å²) in [5, 5.41) is 20.7. The Hall–Kier alpha value is -4.83. The van der Waals surface area contributed by atoms with Gasteiger partial charge in [0.15, 0.2) is 6.10 Å². The van der Waals surface area contributed by atoms with Crippen LogP contribution in [-0.2, 0) is 55.8 Å². The number of phosphoric ester groups is 2. The fourth-order valence-electron chi connectivity index (χ4n) is 12.3. The minimum atomic E-state index is -4.93. The van der Waals surface area contributed by atoms with E-state index < -0.39 is 91.5 Å². The molecule has 0 spiro atoms. The molecule has 18 heteroatoms. The summed E-state index contributed by atoms with van der Waals surface area (Å²) in [7, 11) is -9.79. The quantitative estimate of drug-likeness (QED) is 0.0146. The molecule has 4 N–H and O–H groups in total. The largest absolute Gasteiger partial charge is 0.472 e. The zero-order valence-electron chi connectivity index (χ0n) is 72.7. The number of hydrogen-bond acceptors (Lipinski definition) is 14. The molecule has 0 aliphatic rings. The molecule has 0 saturated carbocycles. The Morgan fingerprint density at radius 3 is 0.739 bits per heavy atom. The third-order valence-electron chi connectivity index (χ3n) is 19.2. The maximum atomic E-state index is 13.0. The fourth-order valence-corrected chi connectivity index (χ4v) is 13.9. The molecule has 0 aromatic carbocycles. The van der Waals surface area contributed by atoms with Gasteiger partial charge in [-0.25, -0.2) is 9.13 Å². The number of unbranched alkanes of at least 4 members (excludes halogenated alkanes) is 37. The molecule has 0 aromatic rings. The highest BCUT2D eigenvalue weighted by atomic mass is 31.2. The van der Waals surface area contributed by atoms with Gasteiger partial charge in [-0.1, -0.05) is 378 Å². The molecule has 0 bridgehead atoms. The van der Waals surface area contributed by atoms with Gasteiger partial charge in [-0.2, -0.15) is 0 Å². The zero-order valence-corrected chi connectivity index (χ0v) is 74.5. The van der Waals surface area contributed by atoms with Crippen LogP contribution in [0.25, 0.3) is 0 Å². The standard InChI is InChI=1S/C97H166O16P2/c1-4-7-10-13-16-19-22-24-26-28-30-32-34-36-38-40-42-44-45-47-49-50-52-54-56-58-60-62-64-66-69-71-74-77-80-83-95(100)107-86-92(98)87-109-114(103,104)110-88-93(99)89-111-115(105,106)112-91-94(113-97(102)85-82-79-76-73-68-21-18-15-12-9-6-3)90-108-96(101)84-81-78-75-72-70-67-65-63-61-59-57-55-53-51-48-46-43-41-39-37-35-33-31-29-27-25-23-20-17-14-11-8-5-2/h7-8,10-11,15-20,24-27,30-33,36-39,42-44,46,92-94,98-99H,4-6,9,12-14,21-23,28-29,34-35,40-41,45,47-91H2,1-3H3,(H,103,104)(H,105,106)/b10-7-,11-8-,18-15-,19-16-,20-17-,26-24-,27-25-,32-30-,33-31-,38-36-,39-37-,44-42-,46-43-. The first-order valence-electron chi connectivity index (χ1n) is 45.8. The van der Waals surface area contributed by atoms with Gasteiger partial charge < -0.3 is 34.2 Å². The van der Waals surface area contributed by atoms with Crippen LogP contribution in [0.3, 0.4) is 0 Å². The predicted octanol–water partition coefficient (Wildman–Crippen LogP) is 28.1. The van der Waals surface area contributed by atoms with Gasteiger partial charge in [0.1, 0.15) is 25.4 Å². The van der Waals surface area contributed by atoms with Gasteiger partial charge >= 0.3 is 33.6 Å². The summed E-state index contributed by atoms with van der Waals surface area (Å²) in [4.78, 5) is 58.8. The molecule has 5 unspecified atom stereocenters. The zero-order chi connectivity index (χ0) is 83.6. The maximum absolute atomic E-state index is 13.0. The van der Waals surface area contributed by atoms with Crippen molar-refractivity contribution in [2.45, 2.75) is 399 Å². The van der Waals surface area contributed by atoms with Gasteiger partial charge in [-0.3, -0.25) is 32.5 Å². The van der Waals surface area contributed by atoms with Gasteiger partial charge in [0.25, 0.3) is 0 Å². The van der Waals surface area contributed by atoms with E-state index in [0.717, 1.165) is 161 Å². The van der Waals surface area contributed by atoms with Gasteiger partial charge in [-0.05, 0) is 141 Å². The van der Waals surface area contributed by atoms with Crippen LogP contribution in [0.5, 0.6) is 0 Å². The van der Waals surface area contributed by atoms with E-state index in [2.05, 4.69) is 179 Å². The number of rotatable bonds is 86. The lowest BCUT2D eigenvalue weighted by Crippen LogP contribution is -2.30. The number of esters is 3. The second-order valence-electron chi connectivity index (χ2n) is 30.3. The van der Waals surface area contributed by atoms with E-state index in [1.807, 2.05) is 0 Å². The summed E-state index contributed by atoms with van der Waals surface area (Å²) in [6.45, 7) is 2.44. The number of phosphoric acid groups is 2. The molecule has 0 radical (unpaired) electrons. The van der Waals surface area contributed by atoms with Crippen molar-refractivity contribution < 1.29 is 75.8 Å². The molecular formula is C97H166O16P2. The number of aliphatic hydroxyl groups is 2. The molecule has 16 nitrogen and oxygen atoms in total. The Morgan fingerprint density at radius 1 is 0.252 bits per heavy atom. The van der Waals surface area contributed by atoms with Crippen molar-refractivity contribution in [3.63, 3.8) is 0 Å². The van der Waals surface area contributed by atoms with Crippen molar-refractivity contribution >= 4 is 33.6 Å².